The maximum Gasteiger partial charge on any atom is 0.266 e. The molecule has 9 heteroatoms. The molecule has 5 aromatic heterocycles. The molecule has 0 unspecified atom stereocenters. The number of fused-ring (bicyclic) bond motifs is 2. The Morgan fingerprint density at radius 3 is 2.57 bits per heavy atom. The second kappa shape index (κ2) is 6.23. The summed E-state index contributed by atoms with van der Waals surface area (Å²) in [6, 6.07) is 8.80. The number of hydrogen-bond acceptors (Lipinski definition) is 6. The van der Waals surface area contributed by atoms with E-state index in [1.54, 1.807) is 47.6 Å². The van der Waals surface area contributed by atoms with E-state index in [0.29, 0.717) is 34.3 Å². The molecule has 0 aliphatic carbocycles. The van der Waals surface area contributed by atoms with Crippen LogP contribution in [0.1, 0.15) is 5.56 Å². The van der Waals surface area contributed by atoms with Crippen LogP contribution in [0.15, 0.2) is 71.0 Å². The SMILES string of the molecule is O=c1c2cc3c(=O)n(-c4ncn[nH]4)ccc3nc2ccn1Cc1cccnc1. The lowest BCUT2D eigenvalue weighted by Gasteiger charge is -2.08. The minimum Gasteiger partial charge on any atom is -0.310 e. The van der Waals surface area contributed by atoms with Crippen molar-refractivity contribution in [2.24, 2.45) is 0 Å². The van der Waals surface area contributed by atoms with Crippen molar-refractivity contribution in [2.75, 3.05) is 0 Å². The zero-order valence-corrected chi connectivity index (χ0v) is 14.5. The molecule has 5 aromatic rings. The van der Waals surface area contributed by atoms with Crippen LogP contribution in [-0.2, 0) is 6.54 Å². The summed E-state index contributed by atoms with van der Waals surface area (Å²) in [7, 11) is 0. The number of aromatic nitrogens is 7. The third-order valence-electron chi connectivity index (χ3n) is 4.52. The van der Waals surface area contributed by atoms with Crippen molar-refractivity contribution < 1.29 is 0 Å². The van der Waals surface area contributed by atoms with Crippen LogP contribution in [0.2, 0.25) is 0 Å². The minimum absolute atomic E-state index is 0.217. The molecule has 0 spiro atoms. The van der Waals surface area contributed by atoms with E-state index in [-0.39, 0.29) is 11.1 Å². The fourth-order valence-electron chi connectivity index (χ4n) is 3.16. The highest BCUT2D eigenvalue weighted by Gasteiger charge is 2.11. The van der Waals surface area contributed by atoms with E-state index in [9.17, 15) is 9.59 Å². The molecule has 136 valence electrons. The highest BCUT2D eigenvalue weighted by atomic mass is 16.1. The van der Waals surface area contributed by atoms with Gasteiger partial charge in [0.15, 0.2) is 0 Å². The van der Waals surface area contributed by atoms with E-state index >= 15 is 0 Å². The van der Waals surface area contributed by atoms with Gasteiger partial charge in [-0.15, -0.1) is 0 Å². The van der Waals surface area contributed by atoms with Crippen LogP contribution in [0.5, 0.6) is 0 Å². The van der Waals surface area contributed by atoms with Gasteiger partial charge in [0.05, 0.1) is 28.4 Å². The normalized spacial score (nSPS) is 11.3. The third kappa shape index (κ3) is 2.57. The van der Waals surface area contributed by atoms with Crippen LogP contribution in [0, 0.1) is 0 Å². The Balaban J connectivity index is 1.71. The summed E-state index contributed by atoms with van der Waals surface area (Å²) < 4.78 is 2.91. The Labute approximate surface area is 157 Å². The van der Waals surface area contributed by atoms with Gasteiger partial charge in [-0.2, -0.15) is 10.1 Å². The van der Waals surface area contributed by atoms with Crippen LogP contribution in [-0.4, -0.2) is 34.3 Å². The standard InChI is InChI=1S/C19H13N7O2/c27-17-13-8-14-16(4-7-26(18(14)28)19-21-11-22-24-19)23-15(13)3-6-25(17)10-12-2-1-5-20-9-12/h1-9,11H,10H2,(H,21,22,24). The molecule has 1 N–H and O–H groups in total. The van der Waals surface area contributed by atoms with Crippen LogP contribution >= 0.6 is 0 Å². The Hall–Kier alpha value is -4.14. The van der Waals surface area contributed by atoms with Crippen molar-refractivity contribution in [1.82, 2.24) is 34.3 Å². The number of H-pyrrole nitrogens is 1. The maximum atomic E-state index is 13.0. The number of aromatic amines is 1. The largest absolute Gasteiger partial charge is 0.310 e. The van der Waals surface area contributed by atoms with Gasteiger partial charge >= 0.3 is 0 Å². The first-order valence-electron chi connectivity index (χ1n) is 8.51. The highest BCUT2D eigenvalue weighted by molar-refractivity contribution is 5.91. The van der Waals surface area contributed by atoms with Crippen molar-refractivity contribution in [3.63, 3.8) is 0 Å². The zero-order chi connectivity index (χ0) is 19.1. The van der Waals surface area contributed by atoms with Gasteiger partial charge in [-0.1, -0.05) is 6.07 Å². The van der Waals surface area contributed by atoms with Gasteiger partial charge in [-0.25, -0.2) is 10.1 Å². The van der Waals surface area contributed by atoms with Crippen molar-refractivity contribution in [1.29, 1.82) is 0 Å². The first kappa shape index (κ1) is 16.1. The topological polar surface area (TPSA) is 111 Å². The van der Waals surface area contributed by atoms with Crippen molar-refractivity contribution in [3.8, 4) is 5.95 Å². The summed E-state index contributed by atoms with van der Waals surface area (Å²) in [4.78, 5) is 38.4. The quantitative estimate of drug-likeness (QED) is 0.478. The molecule has 0 amide bonds. The second-order valence-electron chi connectivity index (χ2n) is 6.26. The Kier molecular flexibility index (Phi) is 3.58. The molecule has 0 bridgehead atoms. The fraction of sp³-hybridized carbons (Fsp3) is 0.0526. The summed E-state index contributed by atoms with van der Waals surface area (Å²) in [6.45, 7) is 0.387. The van der Waals surface area contributed by atoms with Gasteiger partial charge in [0.2, 0.25) is 5.95 Å². The lowest BCUT2D eigenvalue weighted by atomic mass is 10.2. The predicted molar refractivity (Wildman–Crippen MR) is 102 cm³/mol. The molecule has 0 aliphatic rings. The average molecular weight is 371 g/mol. The van der Waals surface area contributed by atoms with E-state index in [2.05, 4.69) is 25.1 Å². The number of pyridine rings is 4. The molecular weight excluding hydrogens is 358 g/mol. The third-order valence-corrected chi connectivity index (χ3v) is 4.52. The minimum atomic E-state index is -0.328. The van der Waals surface area contributed by atoms with E-state index in [4.69, 9.17) is 0 Å². The molecule has 5 rings (SSSR count). The highest BCUT2D eigenvalue weighted by Crippen LogP contribution is 2.15. The van der Waals surface area contributed by atoms with Gasteiger partial charge in [0, 0.05) is 24.8 Å². The molecule has 0 aliphatic heterocycles. The number of rotatable bonds is 3. The molecular formula is C19H13N7O2. The number of nitrogens with one attached hydrogen (secondary N) is 1. The van der Waals surface area contributed by atoms with Crippen molar-refractivity contribution >= 4 is 21.8 Å². The molecule has 5 heterocycles. The zero-order valence-electron chi connectivity index (χ0n) is 14.5. The average Bonchev–Trinajstić information content (AvgIpc) is 3.25. The lowest BCUT2D eigenvalue weighted by Crippen LogP contribution is -2.22. The van der Waals surface area contributed by atoms with Crippen LogP contribution in [0.3, 0.4) is 0 Å². The maximum absolute atomic E-state index is 13.0. The molecule has 0 radical (unpaired) electrons. The Bertz CT molecular complexity index is 1420. The summed E-state index contributed by atoms with van der Waals surface area (Å²) in [6.07, 6.45) is 8.00. The van der Waals surface area contributed by atoms with Gasteiger partial charge in [-0.3, -0.25) is 19.1 Å². The molecule has 0 fully saturated rings. The molecule has 28 heavy (non-hydrogen) atoms. The van der Waals surface area contributed by atoms with Gasteiger partial charge < -0.3 is 4.57 Å². The first-order chi connectivity index (χ1) is 13.7. The Morgan fingerprint density at radius 1 is 1.00 bits per heavy atom. The number of nitrogens with zero attached hydrogens (tertiary/aromatic N) is 6. The first-order valence-corrected chi connectivity index (χ1v) is 8.51. The fourth-order valence-corrected chi connectivity index (χ4v) is 3.16. The van der Waals surface area contributed by atoms with E-state index in [1.165, 1.54) is 10.9 Å². The second-order valence-corrected chi connectivity index (χ2v) is 6.26. The predicted octanol–water partition coefficient (Wildman–Crippen LogP) is 1.26. The lowest BCUT2D eigenvalue weighted by molar-refractivity contribution is 0.764. The summed E-state index contributed by atoms with van der Waals surface area (Å²) in [5, 5.41) is 7.14. The summed E-state index contributed by atoms with van der Waals surface area (Å²) in [5.74, 6) is 0.300. The van der Waals surface area contributed by atoms with E-state index < -0.39 is 0 Å². The van der Waals surface area contributed by atoms with Crippen LogP contribution < -0.4 is 11.1 Å². The molecule has 0 saturated carbocycles. The number of hydrogen-bond donors (Lipinski definition) is 1. The van der Waals surface area contributed by atoms with Crippen LogP contribution in [0.4, 0.5) is 0 Å². The van der Waals surface area contributed by atoms with E-state index in [1.807, 2.05) is 12.1 Å². The van der Waals surface area contributed by atoms with E-state index in [0.717, 1.165) is 5.56 Å². The summed E-state index contributed by atoms with van der Waals surface area (Å²) >= 11 is 0. The van der Waals surface area contributed by atoms with Crippen molar-refractivity contribution in [2.45, 2.75) is 6.54 Å². The van der Waals surface area contributed by atoms with Gasteiger partial charge in [-0.05, 0) is 29.8 Å². The molecule has 9 nitrogen and oxygen atoms in total. The van der Waals surface area contributed by atoms with Crippen molar-refractivity contribution in [3.05, 3.63) is 87.7 Å². The summed E-state index contributed by atoms with van der Waals surface area (Å²) in [5.41, 5.74) is 1.41. The van der Waals surface area contributed by atoms with Gasteiger partial charge in [0.1, 0.15) is 6.33 Å². The smallest absolute Gasteiger partial charge is 0.266 e. The monoisotopic (exact) mass is 371 g/mol. The molecule has 0 saturated heterocycles. The molecule has 0 atom stereocenters. The molecule has 0 aromatic carbocycles. The van der Waals surface area contributed by atoms with Gasteiger partial charge in [0.25, 0.3) is 11.1 Å². The van der Waals surface area contributed by atoms with Crippen LogP contribution in [0.25, 0.3) is 27.8 Å². The Morgan fingerprint density at radius 2 is 1.82 bits per heavy atom.